The summed E-state index contributed by atoms with van der Waals surface area (Å²) in [5, 5.41) is 10.3. The molecule has 2 aromatic carbocycles. The van der Waals surface area contributed by atoms with Crippen molar-refractivity contribution in [2.45, 2.75) is 6.92 Å². The normalized spacial score (nSPS) is 10.7. The first kappa shape index (κ1) is 10.7. The fourth-order valence-electron chi connectivity index (χ4n) is 1.92. The molecule has 0 fully saturated rings. The first-order valence-corrected chi connectivity index (χ1v) is 5.66. The second-order valence-electron chi connectivity index (χ2n) is 4.24. The minimum Gasteiger partial charge on any atom is -0.267 e. The molecular weight excluding hydrogens is 226 g/mol. The van der Waals surface area contributed by atoms with Crippen molar-refractivity contribution in [3.8, 4) is 11.1 Å². The van der Waals surface area contributed by atoms with Gasteiger partial charge in [-0.1, -0.05) is 41.1 Å². The summed E-state index contributed by atoms with van der Waals surface area (Å²) in [4.78, 5) is 11.7. The Hall–Kier alpha value is -2.49. The molecule has 0 saturated carbocycles. The van der Waals surface area contributed by atoms with Crippen molar-refractivity contribution in [3.63, 3.8) is 0 Å². The zero-order chi connectivity index (χ0) is 12.5. The number of aromatic nitrogens is 3. The van der Waals surface area contributed by atoms with Crippen LogP contribution >= 0.6 is 0 Å². The molecule has 0 atom stereocenters. The molecule has 1 heterocycles. The molecule has 4 nitrogen and oxygen atoms in total. The number of fused-ring (bicyclic) bond motifs is 1. The van der Waals surface area contributed by atoms with Crippen LogP contribution in [-0.2, 0) is 0 Å². The second kappa shape index (κ2) is 4.07. The Morgan fingerprint density at radius 2 is 1.72 bits per heavy atom. The highest BCUT2D eigenvalue weighted by Gasteiger charge is 2.03. The first-order chi connectivity index (χ1) is 8.74. The van der Waals surface area contributed by atoms with Gasteiger partial charge in [-0.3, -0.25) is 4.79 Å². The highest BCUT2D eigenvalue weighted by Crippen LogP contribution is 2.22. The van der Waals surface area contributed by atoms with Gasteiger partial charge < -0.3 is 0 Å². The molecule has 0 radical (unpaired) electrons. The molecule has 3 rings (SSSR count). The molecule has 4 heteroatoms. The second-order valence-corrected chi connectivity index (χ2v) is 4.24. The fourth-order valence-corrected chi connectivity index (χ4v) is 1.92. The van der Waals surface area contributed by atoms with Crippen molar-refractivity contribution < 1.29 is 0 Å². The highest BCUT2D eigenvalue weighted by atomic mass is 16.1. The zero-order valence-corrected chi connectivity index (χ0v) is 9.84. The summed E-state index contributed by atoms with van der Waals surface area (Å²) in [5.41, 5.74) is 3.69. The Kier molecular flexibility index (Phi) is 2.41. The minimum absolute atomic E-state index is 0.214. The molecular formula is C14H11N3O. The predicted octanol–water partition coefficient (Wildman–Crippen LogP) is 2.29. The Labute approximate surface area is 103 Å². The van der Waals surface area contributed by atoms with E-state index in [1.54, 1.807) is 0 Å². The average molecular weight is 237 g/mol. The monoisotopic (exact) mass is 237 g/mol. The molecule has 0 spiro atoms. The fraction of sp³-hybridized carbons (Fsp3) is 0.0714. The number of hydrogen-bond donors (Lipinski definition) is 1. The van der Waals surface area contributed by atoms with Crippen LogP contribution in [0.25, 0.3) is 22.0 Å². The molecule has 0 amide bonds. The van der Waals surface area contributed by atoms with E-state index in [-0.39, 0.29) is 5.56 Å². The largest absolute Gasteiger partial charge is 0.275 e. The lowest BCUT2D eigenvalue weighted by Gasteiger charge is -2.03. The number of H-pyrrole nitrogens is 1. The molecule has 18 heavy (non-hydrogen) atoms. The summed E-state index contributed by atoms with van der Waals surface area (Å²) < 4.78 is 0. The highest BCUT2D eigenvalue weighted by molar-refractivity contribution is 5.83. The molecule has 1 aromatic heterocycles. The van der Waals surface area contributed by atoms with Crippen LogP contribution in [0.3, 0.4) is 0 Å². The average Bonchev–Trinajstić information content (AvgIpc) is 2.40. The lowest BCUT2D eigenvalue weighted by Crippen LogP contribution is -2.09. The topological polar surface area (TPSA) is 58.6 Å². The Morgan fingerprint density at radius 1 is 1.00 bits per heavy atom. The standard InChI is InChI=1S/C14H11N3O/c1-9-2-4-10(5-3-9)11-6-7-13-12(8-11)14(18)16-17-15-13/h2-8H,1H3,(H,15,16,18). The van der Waals surface area contributed by atoms with Crippen molar-refractivity contribution in [1.29, 1.82) is 0 Å². The molecule has 1 N–H and O–H groups in total. The molecule has 0 aliphatic rings. The zero-order valence-electron chi connectivity index (χ0n) is 9.84. The summed E-state index contributed by atoms with van der Waals surface area (Å²) in [6.07, 6.45) is 0. The van der Waals surface area contributed by atoms with Gasteiger partial charge in [0.15, 0.2) is 0 Å². The van der Waals surface area contributed by atoms with Gasteiger partial charge in [-0.15, -0.1) is 5.10 Å². The molecule has 0 unspecified atom stereocenters. The van der Waals surface area contributed by atoms with Crippen LogP contribution in [0.15, 0.2) is 47.3 Å². The van der Waals surface area contributed by atoms with Crippen LogP contribution in [0.1, 0.15) is 5.56 Å². The van der Waals surface area contributed by atoms with E-state index in [9.17, 15) is 4.79 Å². The molecule has 3 aromatic rings. The Morgan fingerprint density at radius 3 is 2.50 bits per heavy atom. The van der Waals surface area contributed by atoms with Crippen molar-refractivity contribution in [2.24, 2.45) is 0 Å². The SMILES string of the molecule is Cc1ccc(-c2ccc3nn[nH]c(=O)c3c2)cc1. The van der Waals surface area contributed by atoms with Crippen LogP contribution in [0.2, 0.25) is 0 Å². The van der Waals surface area contributed by atoms with Crippen LogP contribution in [-0.4, -0.2) is 15.4 Å². The predicted molar refractivity (Wildman–Crippen MR) is 70.3 cm³/mol. The summed E-state index contributed by atoms with van der Waals surface area (Å²) in [6.45, 7) is 2.05. The third-order valence-corrected chi connectivity index (χ3v) is 2.94. The van der Waals surface area contributed by atoms with Gasteiger partial charge >= 0.3 is 0 Å². The van der Waals surface area contributed by atoms with E-state index < -0.39 is 0 Å². The maximum Gasteiger partial charge on any atom is 0.275 e. The van der Waals surface area contributed by atoms with E-state index >= 15 is 0 Å². The van der Waals surface area contributed by atoms with Crippen LogP contribution in [0, 0.1) is 6.92 Å². The third-order valence-electron chi connectivity index (χ3n) is 2.94. The van der Waals surface area contributed by atoms with Gasteiger partial charge in [0.25, 0.3) is 5.56 Å². The van der Waals surface area contributed by atoms with Crippen LogP contribution in [0.5, 0.6) is 0 Å². The summed E-state index contributed by atoms with van der Waals surface area (Å²) in [7, 11) is 0. The van der Waals surface area contributed by atoms with Gasteiger partial charge in [0.2, 0.25) is 0 Å². The molecule has 0 aliphatic carbocycles. The maximum absolute atomic E-state index is 11.7. The summed E-state index contributed by atoms with van der Waals surface area (Å²) >= 11 is 0. The van der Waals surface area contributed by atoms with Crippen LogP contribution < -0.4 is 5.56 Å². The number of aryl methyl sites for hydroxylation is 1. The number of hydrogen-bond acceptors (Lipinski definition) is 3. The summed E-state index contributed by atoms with van der Waals surface area (Å²) in [6, 6.07) is 13.8. The van der Waals surface area contributed by atoms with E-state index in [1.165, 1.54) is 5.56 Å². The van der Waals surface area contributed by atoms with Crippen molar-refractivity contribution in [2.75, 3.05) is 0 Å². The maximum atomic E-state index is 11.7. The van der Waals surface area contributed by atoms with Gasteiger partial charge in [0.1, 0.15) is 5.52 Å². The van der Waals surface area contributed by atoms with E-state index in [2.05, 4.69) is 27.5 Å². The number of nitrogens with zero attached hydrogens (tertiary/aromatic N) is 2. The first-order valence-electron chi connectivity index (χ1n) is 5.66. The van der Waals surface area contributed by atoms with Gasteiger partial charge in [-0.25, -0.2) is 5.10 Å². The Balaban J connectivity index is 2.22. The lowest BCUT2D eigenvalue weighted by atomic mass is 10.0. The number of benzene rings is 2. The van der Waals surface area contributed by atoms with Crippen molar-refractivity contribution >= 4 is 10.9 Å². The smallest absolute Gasteiger partial charge is 0.267 e. The number of aromatic amines is 1. The van der Waals surface area contributed by atoms with Gasteiger partial charge in [0.05, 0.1) is 5.39 Å². The van der Waals surface area contributed by atoms with E-state index in [0.717, 1.165) is 11.1 Å². The Bertz CT molecular complexity index is 760. The molecule has 0 aliphatic heterocycles. The van der Waals surface area contributed by atoms with E-state index in [4.69, 9.17) is 0 Å². The van der Waals surface area contributed by atoms with Gasteiger partial charge in [-0.05, 0) is 30.2 Å². The minimum atomic E-state index is -0.214. The van der Waals surface area contributed by atoms with Gasteiger partial charge in [-0.2, -0.15) is 0 Å². The van der Waals surface area contributed by atoms with E-state index in [0.29, 0.717) is 10.9 Å². The number of rotatable bonds is 1. The van der Waals surface area contributed by atoms with Crippen molar-refractivity contribution in [3.05, 3.63) is 58.4 Å². The molecule has 0 bridgehead atoms. The molecule has 0 saturated heterocycles. The van der Waals surface area contributed by atoms with E-state index in [1.807, 2.05) is 37.3 Å². The van der Waals surface area contributed by atoms with Crippen molar-refractivity contribution in [1.82, 2.24) is 15.4 Å². The van der Waals surface area contributed by atoms with Gasteiger partial charge in [0, 0.05) is 0 Å². The van der Waals surface area contributed by atoms with Crippen LogP contribution in [0.4, 0.5) is 0 Å². The number of nitrogens with one attached hydrogen (secondary N) is 1. The lowest BCUT2D eigenvalue weighted by molar-refractivity contribution is 0.872. The summed E-state index contributed by atoms with van der Waals surface area (Å²) in [5.74, 6) is 0. The molecule has 88 valence electrons. The third kappa shape index (κ3) is 1.78. The quantitative estimate of drug-likeness (QED) is 0.706.